The molecule has 0 fully saturated rings. The zero-order valence-electron chi connectivity index (χ0n) is 8.66. The van der Waals surface area contributed by atoms with E-state index in [0.717, 1.165) is 5.56 Å². The fourth-order valence-corrected chi connectivity index (χ4v) is 1.25. The molecule has 0 aliphatic heterocycles. The van der Waals surface area contributed by atoms with Crippen molar-refractivity contribution < 1.29 is 4.79 Å². The molecule has 0 saturated carbocycles. The molecule has 1 aromatic heterocycles. The van der Waals surface area contributed by atoms with E-state index in [1.54, 1.807) is 0 Å². The van der Waals surface area contributed by atoms with Crippen molar-refractivity contribution in [2.24, 2.45) is 5.73 Å². The molecule has 0 radical (unpaired) electrons. The van der Waals surface area contributed by atoms with Gasteiger partial charge in [0.25, 0.3) is 0 Å². The van der Waals surface area contributed by atoms with E-state index in [4.69, 9.17) is 5.73 Å². The van der Waals surface area contributed by atoms with Gasteiger partial charge < -0.3 is 15.6 Å². The molecular weight excluding hydrogens is 178 g/mol. The van der Waals surface area contributed by atoms with Crippen LogP contribution in [0.25, 0.3) is 0 Å². The van der Waals surface area contributed by atoms with Crippen LogP contribution in [0.15, 0.2) is 18.5 Å². The summed E-state index contributed by atoms with van der Waals surface area (Å²) in [6.07, 6.45) is 3.77. The first-order chi connectivity index (χ1) is 6.63. The quantitative estimate of drug-likeness (QED) is 0.740. The second-order valence-electron chi connectivity index (χ2n) is 3.36. The monoisotopic (exact) mass is 195 g/mol. The molecule has 1 amide bonds. The molecule has 0 spiro atoms. The van der Waals surface area contributed by atoms with Crippen molar-refractivity contribution in [1.82, 2.24) is 9.88 Å². The first-order valence-corrected chi connectivity index (χ1v) is 4.81. The second kappa shape index (κ2) is 4.81. The number of carbonyl (C=O) groups is 1. The zero-order valence-corrected chi connectivity index (χ0v) is 8.66. The predicted octanol–water partition coefficient (Wildman–Crippen LogP) is 0.644. The molecule has 1 atom stereocenters. The smallest absolute Gasteiger partial charge is 0.239 e. The Kier molecular flexibility index (Phi) is 3.71. The van der Waals surface area contributed by atoms with Crippen LogP contribution in [0.2, 0.25) is 0 Å². The van der Waals surface area contributed by atoms with Crippen molar-refractivity contribution >= 4 is 5.91 Å². The van der Waals surface area contributed by atoms with Crippen LogP contribution in [0.3, 0.4) is 0 Å². The summed E-state index contributed by atoms with van der Waals surface area (Å²) in [6.45, 7) is 4.85. The fraction of sp³-hybridized carbons (Fsp3) is 0.500. The van der Waals surface area contributed by atoms with Crippen molar-refractivity contribution in [2.75, 3.05) is 6.54 Å². The van der Waals surface area contributed by atoms with Gasteiger partial charge >= 0.3 is 0 Å². The predicted molar refractivity (Wildman–Crippen MR) is 55.7 cm³/mol. The molecule has 1 unspecified atom stereocenters. The summed E-state index contributed by atoms with van der Waals surface area (Å²) >= 11 is 0. The van der Waals surface area contributed by atoms with Gasteiger partial charge in [-0.05, 0) is 25.5 Å². The van der Waals surface area contributed by atoms with Gasteiger partial charge in [-0.2, -0.15) is 0 Å². The summed E-state index contributed by atoms with van der Waals surface area (Å²) in [7, 11) is 0. The number of nitrogens with two attached hydrogens (primary N) is 1. The minimum Gasteiger partial charge on any atom is -0.355 e. The second-order valence-corrected chi connectivity index (χ2v) is 3.36. The molecule has 1 aromatic rings. The van der Waals surface area contributed by atoms with Gasteiger partial charge in [-0.15, -0.1) is 0 Å². The third kappa shape index (κ3) is 2.88. The van der Waals surface area contributed by atoms with E-state index in [1.807, 2.05) is 36.9 Å². The van der Waals surface area contributed by atoms with Crippen LogP contribution in [0, 0.1) is 0 Å². The summed E-state index contributed by atoms with van der Waals surface area (Å²) < 4.78 is 1.84. The highest BCUT2D eigenvalue weighted by atomic mass is 16.1. The lowest BCUT2D eigenvalue weighted by atomic mass is 10.2. The van der Waals surface area contributed by atoms with Crippen molar-refractivity contribution in [2.45, 2.75) is 26.4 Å². The Morgan fingerprint density at radius 3 is 2.93 bits per heavy atom. The van der Waals surface area contributed by atoms with Crippen molar-refractivity contribution in [3.8, 4) is 0 Å². The van der Waals surface area contributed by atoms with Crippen LogP contribution in [-0.2, 0) is 11.3 Å². The standard InChI is InChI=1S/C10H17N3O/c1-3-12-10(14)7-13-5-4-9(6-13)8(2)11/h4-6,8H,3,7,11H2,1-2H3,(H,12,14). The SMILES string of the molecule is CCNC(=O)Cn1ccc(C(C)N)c1. The number of hydrogen-bond acceptors (Lipinski definition) is 2. The first kappa shape index (κ1) is 10.8. The minimum atomic E-state index is 0.0190. The van der Waals surface area contributed by atoms with E-state index in [0.29, 0.717) is 13.1 Å². The molecule has 78 valence electrons. The summed E-state index contributed by atoms with van der Waals surface area (Å²) in [6, 6.07) is 1.95. The number of aromatic nitrogens is 1. The molecule has 1 heterocycles. The maximum absolute atomic E-state index is 11.2. The third-order valence-corrected chi connectivity index (χ3v) is 2.00. The Morgan fingerprint density at radius 2 is 2.43 bits per heavy atom. The largest absolute Gasteiger partial charge is 0.355 e. The van der Waals surface area contributed by atoms with E-state index in [1.165, 1.54) is 0 Å². The molecule has 4 nitrogen and oxygen atoms in total. The van der Waals surface area contributed by atoms with Gasteiger partial charge in [-0.1, -0.05) is 0 Å². The summed E-state index contributed by atoms with van der Waals surface area (Å²) in [5.41, 5.74) is 6.75. The van der Waals surface area contributed by atoms with Gasteiger partial charge in [0, 0.05) is 25.0 Å². The lowest BCUT2D eigenvalue weighted by Crippen LogP contribution is -2.26. The molecule has 3 N–H and O–H groups in total. The fourth-order valence-electron chi connectivity index (χ4n) is 1.25. The third-order valence-electron chi connectivity index (χ3n) is 2.00. The maximum atomic E-state index is 11.2. The minimum absolute atomic E-state index is 0.0190. The topological polar surface area (TPSA) is 60.0 Å². The highest BCUT2D eigenvalue weighted by Gasteiger charge is 2.04. The Hall–Kier alpha value is -1.29. The van der Waals surface area contributed by atoms with Crippen LogP contribution < -0.4 is 11.1 Å². The summed E-state index contributed by atoms with van der Waals surface area (Å²) in [4.78, 5) is 11.2. The zero-order chi connectivity index (χ0) is 10.6. The van der Waals surface area contributed by atoms with Crippen molar-refractivity contribution in [3.05, 3.63) is 24.0 Å². The van der Waals surface area contributed by atoms with E-state index >= 15 is 0 Å². The number of likely N-dealkylation sites (N-methyl/N-ethyl adjacent to an activating group) is 1. The average molecular weight is 195 g/mol. The van der Waals surface area contributed by atoms with Gasteiger partial charge in [0.05, 0.1) is 0 Å². The van der Waals surface area contributed by atoms with Gasteiger partial charge in [0.2, 0.25) is 5.91 Å². The van der Waals surface area contributed by atoms with Crippen molar-refractivity contribution in [1.29, 1.82) is 0 Å². The Labute approximate surface area is 84.1 Å². The van der Waals surface area contributed by atoms with Crippen LogP contribution in [0.4, 0.5) is 0 Å². The molecule has 14 heavy (non-hydrogen) atoms. The van der Waals surface area contributed by atoms with Crippen LogP contribution in [0.1, 0.15) is 25.5 Å². The molecular formula is C10H17N3O. The summed E-state index contributed by atoms with van der Waals surface area (Å²) in [5.74, 6) is 0.0272. The Bertz CT molecular complexity index is 304. The lowest BCUT2D eigenvalue weighted by molar-refractivity contribution is -0.121. The van der Waals surface area contributed by atoms with Gasteiger partial charge in [-0.25, -0.2) is 0 Å². The van der Waals surface area contributed by atoms with E-state index < -0.39 is 0 Å². The van der Waals surface area contributed by atoms with E-state index in [-0.39, 0.29) is 11.9 Å². The Balaban J connectivity index is 2.55. The van der Waals surface area contributed by atoms with Crippen LogP contribution in [0.5, 0.6) is 0 Å². The van der Waals surface area contributed by atoms with E-state index in [2.05, 4.69) is 5.32 Å². The van der Waals surface area contributed by atoms with Gasteiger partial charge in [-0.3, -0.25) is 4.79 Å². The Morgan fingerprint density at radius 1 is 1.71 bits per heavy atom. The lowest BCUT2D eigenvalue weighted by Gasteiger charge is -2.03. The number of amides is 1. The highest BCUT2D eigenvalue weighted by Crippen LogP contribution is 2.09. The molecule has 4 heteroatoms. The van der Waals surface area contributed by atoms with Crippen LogP contribution >= 0.6 is 0 Å². The molecule has 0 aromatic carbocycles. The molecule has 0 saturated heterocycles. The summed E-state index contributed by atoms with van der Waals surface area (Å²) in [5, 5.41) is 2.74. The number of rotatable bonds is 4. The van der Waals surface area contributed by atoms with Gasteiger partial charge in [0.15, 0.2) is 0 Å². The van der Waals surface area contributed by atoms with Gasteiger partial charge in [0.1, 0.15) is 6.54 Å². The molecule has 0 bridgehead atoms. The van der Waals surface area contributed by atoms with Crippen LogP contribution in [-0.4, -0.2) is 17.0 Å². The highest BCUT2D eigenvalue weighted by molar-refractivity contribution is 5.75. The first-order valence-electron chi connectivity index (χ1n) is 4.81. The number of hydrogen-bond donors (Lipinski definition) is 2. The maximum Gasteiger partial charge on any atom is 0.239 e. The average Bonchev–Trinajstić information content (AvgIpc) is 2.53. The molecule has 0 aliphatic carbocycles. The molecule has 1 rings (SSSR count). The number of nitrogens with one attached hydrogen (secondary N) is 1. The normalized spacial score (nSPS) is 12.5. The number of nitrogens with zero attached hydrogens (tertiary/aromatic N) is 1. The van der Waals surface area contributed by atoms with Crippen molar-refractivity contribution in [3.63, 3.8) is 0 Å². The van der Waals surface area contributed by atoms with E-state index in [9.17, 15) is 4.79 Å². The number of carbonyl (C=O) groups excluding carboxylic acids is 1. The molecule has 0 aliphatic rings.